The van der Waals surface area contributed by atoms with E-state index < -0.39 is 0 Å². The van der Waals surface area contributed by atoms with Crippen molar-refractivity contribution in [2.45, 2.75) is 38.6 Å². The number of hydrogen-bond donors (Lipinski definition) is 2. The van der Waals surface area contributed by atoms with Gasteiger partial charge in [-0.25, -0.2) is 4.98 Å². The molecule has 1 aromatic heterocycles. The van der Waals surface area contributed by atoms with Crippen molar-refractivity contribution in [2.75, 3.05) is 5.73 Å². The van der Waals surface area contributed by atoms with E-state index in [9.17, 15) is 4.79 Å². The molecule has 2 aliphatic rings. The number of fused-ring (bicyclic) bond motifs is 2. The highest BCUT2D eigenvalue weighted by Gasteiger charge is 2.42. The first-order chi connectivity index (χ1) is 9.54. The Bertz CT molecular complexity index is 534. The van der Waals surface area contributed by atoms with Crippen LogP contribution in [0.25, 0.3) is 0 Å². The number of halogens is 1. The van der Waals surface area contributed by atoms with Crippen LogP contribution in [0.5, 0.6) is 0 Å². The predicted molar refractivity (Wildman–Crippen MR) is 82.2 cm³/mol. The van der Waals surface area contributed by atoms with Crippen LogP contribution in [0.3, 0.4) is 0 Å². The third-order valence-electron chi connectivity index (χ3n) is 4.92. The van der Waals surface area contributed by atoms with E-state index in [1.165, 1.54) is 25.7 Å². The van der Waals surface area contributed by atoms with Gasteiger partial charge < -0.3 is 11.1 Å². The van der Waals surface area contributed by atoms with Crippen LogP contribution in [-0.4, -0.2) is 16.9 Å². The van der Waals surface area contributed by atoms with Crippen LogP contribution in [0, 0.1) is 17.8 Å². The zero-order valence-corrected chi connectivity index (χ0v) is 13.2. The number of carbonyl (C=O) groups excluding carboxylic acids is 1. The summed E-state index contributed by atoms with van der Waals surface area (Å²) < 4.78 is 0.768. The number of amides is 1. The normalized spacial score (nSPS) is 29.4. The quantitative estimate of drug-likeness (QED) is 0.890. The lowest BCUT2D eigenvalue weighted by Crippen LogP contribution is -2.40. The Morgan fingerprint density at radius 3 is 2.95 bits per heavy atom. The Kier molecular flexibility index (Phi) is 3.71. The molecule has 2 fully saturated rings. The van der Waals surface area contributed by atoms with Gasteiger partial charge in [0, 0.05) is 16.7 Å². The van der Waals surface area contributed by atoms with E-state index >= 15 is 0 Å². The molecule has 3 rings (SSSR count). The van der Waals surface area contributed by atoms with Gasteiger partial charge in [-0.3, -0.25) is 4.79 Å². The second kappa shape index (κ2) is 5.35. The van der Waals surface area contributed by atoms with Crippen molar-refractivity contribution < 1.29 is 4.79 Å². The smallest absolute Gasteiger partial charge is 0.255 e. The molecule has 5 heteroatoms. The Labute approximate surface area is 127 Å². The summed E-state index contributed by atoms with van der Waals surface area (Å²) in [5, 5.41) is 3.11. The number of aromatic nitrogens is 1. The van der Waals surface area contributed by atoms with E-state index in [2.05, 4.69) is 33.2 Å². The van der Waals surface area contributed by atoms with Crippen molar-refractivity contribution >= 4 is 27.7 Å². The van der Waals surface area contributed by atoms with Gasteiger partial charge in [0.2, 0.25) is 0 Å². The first-order valence-corrected chi connectivity index (χ1v) is 8.05. The molecule has 1 amide bonds. The number of hydrogen-bond acceptors (Lipinski definition) is 3. The fourth-order valence-electron chi connectivity index (χ4n) is 3.93. The van der Waals surface area contributed by atoms with Crippen LogP contribution in [-0.2, 0) is 0 Å². The van der Waals surface area contributed by atoms with E-state index in [1.807, 2.05) is 0 Å². The first-order valence-electron chi connectivity index (χ1n) is 7.26. The van der Waals surface area contributed by atoms with Gasteiger partial charge in [0.15, 0.2) is 0 Å². The second-order valence-corrected chi connectivity index (χ2v) is 7.10. The largest absolute Gasteiger partial charge is 0.383 e. The molecule has 0 saturated heterocycles. The second-order valence-electron chi connectivity index (χ2n) is 6.19. The molecule has 20 heavy (non-hydrogen) atoms. The summed E-state index contributed by atoms with van der Waals surface area (Å²) in [6, 6.07) is 1.93. The van der Waals surface area contributed by atoms with Gasteiger partial charge in [-0.2, -0.15) is 0 Å². The van der Waals surface area contributed by atoms with Crippen molar-refractivity contribution in [3.63, 3.8) is 0 Å². The molecule has 108 valence electrons. The zero-order valence-electron chi connectivity index (χ0n) is 11.6. The monoisotopic (exact) mass is 337 g/mol. The Morgan fingerprint density at radius 2 is 2.30 bits per heavy atom. The first kappa shape index (κ1) is 13.9. The number of rotatable bonds is 3. The van der Waals surface area contributed by atoms with Crippen molar-refractivity contribution in [3.05, 3.63) is 22.3 Å². The minimum atomic E-state index is -0.119. The summed E-state index contributed by atoms with van der Waals surface area (Å²) in [5.41, 5.74) is 6.24. The zero-order chi connectivity index (χ0) is 14.3. The van der Waals surface area contributed by atoms with Gasteiger partial charge in [-0.05, 0) is 65.9 Å². The molecule has 4 atom stereocenters. The van der Waals surface area contributed by atoms with E-state index in [1.54, 1.807) is 12.3 Å². The number of pyridine rings is 1. The van der Waals surface area contributed by atoms with E-state index in [4.69, 9.17) is 5.73 Å². The summed E-state index contributed by atoms with van der Waals surface area (Å²) in [4.78, 5) is 16.4. The van der Waals surface area contributed by atoms with Crippen LogP contribution in [0.4, 0.5) is 5.82 Å². The van der Waals surface area contributed by atoms with Crippen molar-refractivity contribution in [3.8, 4) is 0 Å². The summed E-state index contributed by atoms with van der Waals surface area (Å²) in [5.74, 6) is 2.48. The van der Waals surface area contributed by atoms with Crippen LogP contribution in [0.15, 0.2) is 16.7 Å². The summed E-state index contributed by atoms with van der Waals surface area (Å²) in [6.45, 7) is 2.12. The summed E-state index contributed by atoms with van der Waals surface area (Å²) in [6.07, 6.45) is 6.93. The van der Waals surface area contributed by atoms with Gasteiger partial charge in [0.1, 0.15) is 5.82 Å². The van der Waals surface area contributed by atoms with Crippen molar-refractivity contribution in [1.82, 2.24) is 10.3 Å². The van der Waals surface area contributed by atoms with Gasteiger partial charge in [0.25, 0.3) is 5.91 Å². The lowest BCUT2D eigenvalue weighted by atomic mass is 9.84. The maximum absolute atomic E-state index is 12.3. The third-order valence-corrected chi connectivity index (χ3v) is 5.36. The van der Waals surface area contributed by atoms with Crippen LogP contribution in [0.2, 0.25) is 0 Å². The molecule has 3 N–H and O–H groups in total. The molecule has 0 radical (unpaired) electrons. The highest BCUT2D eigenvalue weighted by Crippen LogP contribution is 2.49. The molecular weight excluding hydrogens is 318 g/mol. The lowest BCUT2D eigenvalue weighted by Gasteiger charge is -2.28. The maximum atomic E-state index is 12.3. The topological polar surface area (TPSA) is 68.0 Å². The Hall–Kier alpha value is -1.10. The van der Waals surface area contributed by atoms with Crippen LogP contribution in [0.1, 0.15) is 43.0 Å². The average Bonchev–Trinajstić information content (AvgIpc) is 3.03. The number of nitrogens with zero attached hydrogens (tertiary/aromatic N) is 1. The third kappa shape index (κ3) is 2.55. The van der Waals surface area contributed by atoms with Crippen LogP contribution < -0.4 is 11.1 Å². The minimum absolute atomic E-state index is 0.119. The average molecular weight is 338 g/mol. The molecule has 2 saturated carbocycles. The summed E-state index contributed by atoms with van der Waals surface area (Å²) in [7, 11) is 0. The molecule has 2 bridgehead atoms. The molecule has 0 spiro atoms. The minimum Gasteiger partial charge on any atom is -0.383 e. The van der Waals surface area contributed by atoms with Crippen molar-refractivity contribution in [2.24, 2.45) is 17.8 Å². The SMILES string of the molecule is CC(NC(=O)c1cc(Br)cnc1N)C1CC2CCC1C2. The van der Waals surface area contributed by atoms with E-state index in [-0.39, 0.29) is 17.8 Å². The molecule has 1 aromatic rings. The van der Waals surface area contributed by atoms with Gasteiger partial charge in [0.05, 0.1) is 5.56 Å². The molecule has 4 nitrogen and oxygen atoms in total. The Balaban J connectivity index is 1.68. The predicted octanol–water partition coefficient (Wildman–Crippen LogP) is 2.98. The lowest BCUT2D eigenvalue weighted by molar-refractivity contribution is 0.0916. The molecule has 2 aliphatic carbocycles. The molecule has 0 aliphatic heterocycles. The standard InChI is InChI=1S/C15H20BrN3O/c1-8(12-5-9-2-3-10(12)4-9)19-15(20)13-6-11(16)7-18-14(13)17/h6-10,12H,2-5H2,1H3,(H2,17,18)(H,19,20). The fraction of sp³-hybridized carbons (Fsp3) is 0.600. The molecule has 1 heterocycles. The number of carbonyl (C=O) groups is 1. The van der Waals surface area contributed by atoms with Gasteiger partial charge >= 0.3 is 0 Å². The Morgan fingerprint density at radius 1 is 1.50 bits per heavy atom. The molecule has 4 unspecified atom stereocenters. The fourth-order valence-corrected chi connectivity index (χ4v) is 4.26. The molecular formula is C15H20BrN3O. The number of anilines is 1. The van der Waals surface area contributed by atoms with Crippen molar-refractivity contribution in [1.29, 1.82) is 0 Å². The van der Waals surface area contributed by atoms with Crippen LogP contribution >= 0.6 is 15.9 Å². The van der Waals surface area contributed by atoms with E-state index in [0.717, 1.165) is 16.3 Å². The van der Waals surface area contributed by atoms with Gasteiger partial charge in [-0.15, -0.1) is 0 Å². The summed E-state index contributed by atoms with van der Waals surface area (Å²) >= 11 is 3.33. The maximum Gasteiger partial charge on any atom is 0.255 e. The van der Waals surface area contributed by atoms with Gasteiger partial charge in [-0.1, -0.05) is 6.42 Å². The number of nitrogen functional groups attached to an aromatic ring is 1. The highest BCUT2D eigenvalue weighted by molar-refractivity contribution is 9.10. The molecule has 0 aromatic carbocycles. The van der Waals surface area contributed by atoms with E-state index in [0.29, 0.717) is 11.5 Å². The highest BCUT2D eigenvalue weighted by atomic mass is 79.9. The number of nitrogens with two attached hydrogens (primary N) is 1. The number of nitrogens with one attached hydrogen (secondary N) is 1.